The average Bonchev–Trinajstić information content (AvgIpc) is 3.26. The summed E-state index contributed by atoms with van der Waals surface area (Å²) in [6, 6.07) is 5.48. The van der Waals surface area contributed by atoms with Crippen molar-refractivity contribution in [3.63, 3.8) is 0 Å². The standard InChI is InChI=1S/C23H32FN5O3/c1-4-27-13-10-23(19(27)30)16-29(21(32)26(2)3)15-22(23)8-11-28(12-9-22)20(31)25-18-7-5-6-17(24)14-18/h5-7,14H,4,8-13,15-16H2,1-3H3,(H,25,31)/t23-/m0/s1. The molecule has 0 bridgehead atoms. The lowest BCUT2D eigenvalue weighted by Crippen LogP contribution is -2.54. The Morgan fingerprint density at radius 1 is 1.09 bits per heavy atom. The van der Waals surface area contributed by atoms with Crippen molar-refractivity contribution < 1.29 is 18.8 Å². The molecule has 32 heavy (non-hydrogen) atoms. The minimum absolute atomic E-state index is 0.0738. The van der Waals surface area contributed by atoms with E-state index in [4.69, 9.17) is 0 Å². The molecule has 0 aliphatic carbocycles. The number of nitrogens with one attached hydrogen (secondary N) is 1. The molecule has 3 aliphatic rings. The Hall–Kier alpha value is -2.84. The molecule has 174 valence electrons. The van der Waals surface area contributed by atoms with Gasteiger partial charge >= 0.3 is 12.1 Å². The molecule has 3 fully saturated rings. The van der Waals surface area contributed by atoms with Gasteiger partial charge in [-0.1, -0.05) is 6.07 Å². The minimum atomic E-state index is -0.584. The van der Waals surface area contributed by atoms with E-state index in [2.05, 4.69) is 5.32 Å². The van der Waals surface area contributed by atoms with Gasteiger partial charge < -0.3 is 24.9 Å². The van der Waals surface area contributed by atoms with Crippen molar-refractivity contribution in [1.29, 1.82) is 0 Å². The molecule has 3 saturated heterocycles. The quantitative estimate of drug-likeness (QED) is 0.761. The van der Waals surface area contributed by atoms with Crippen LogP contribution in [0.5, 0.6) is 0 Å². The van der Waals surface area contributed by atoms with E-state index in [1.165, 1.54) is 12.1 Å². The van der Waals surface area contributed by atoms with Gasteiger partial charge in [-0.15, -0.1) is 0 Å². The largest absolute Gasteiger partial charge is 0.342 e. The van der Waals surface area contributed by atoms with Crippen LogP contribution in [0.25, 0.3) is 0 Å². The first-order valence-electron chi connectivity index (χ1n) is 11.3. The fraction of sp³-hybridized carbons (Fsp3) is 0.609. The summed E-state index contributed by atoms with van der Waals surface area (Å²) < 4.78 is 13.4. The molecular formula is C23H32FN5O3. The van der Waals surface area contributed by atoms with Gasteiger partial charge in [0, 0.05) is 64.5 Å². The third-order valence-corrected chi connectivity index (χ3v) is 7.59. The van der Waals surface area contributed by atoms with E-state index in [1.807, 2.05) is 16.7 Å². The molecule has 3 heterocycles. The molecule has 1 atom stereocenters. The van der Waals surface area contributed by atoms with Crippen LogP contribution in [-0.4, -0.2) is 90.9 Å². The number of carbonyl (C=O) groups excluding carboxylic acids is 3. The van der Waals surface area contributed by atoms with Gasteiger partial charge in [-0.05, 0) is 44.4 Å². The van der Waals surface area contributed by atoms with Crippen molar-refractivity contribution in [1.82, 2.24) is 19.6 Å². The Morgan fingerprint density at radius 3 is 2.41 bits per heavy atom. The maximum Gasteiger partial charge on any atom is 0.321 e. The summed E-state index contributed by atoms with van der Waals surface area (Å²) in [5, 5.41) is 2.76. The van der Waals surface area contributed by atoms with Gasteiger partial charge in [-0.2, -0.15) is 0 Å². The molecule has 0 radical (unpaired) electrons. The zero-order chi connectivity index (χ0) is 23.1. The van der Waals surface area contributed by atoms with Crippen molar-refractivity contribution in [2.45, 2.75) is 26.2 Å². The first-order valence-corrected chi connectivity index (χ1v) is 11.3. The monoisotopic (exact) mass is 445 g/mol. The van der Waals surface area contributed by atoms with Crippen molar-refractivity contribution in [2.24, 2.45) is 10.8 Å². The SMILES string of the molecule is CCN1CC[C@]2(CN(C(=O)N(C)C)CC23CCN(C(=O)Nc2cccc(F)c2)CC3)C1=O. The second-order valence-corrected chi connectivity index (χ2v) is 9.46. The van der Waals surface area contributed by atoms with Crippen LogP contribution in [-0.2, 0) is 4.79 Å². The number of benzene rings is 1. The van der Waals surface area contributed by atoms with Gasteiger partial charge in [0.1, 0.15) is 5.82 Å². The van der Waals surface area contributed by atoms with Gasteiger partial charge in [0.25, 0.3) is 0 Å². The van der Waals surface area contributed by atoms with E-state index in [0.29, 0.717) is 57.8 Å². The minimum Gasteiger partial charge on any atom is -0.342 e. The third-order valence-electron chi connectivity index (χ3n) is 7.59. The van der Waals surface area contributed by atoms with E-state index in [9.17, 15) is 18.8 Å². The maximum atomic E-state index is 13.5. The fourth-order valence-corrected chi connectivity index (χ4v) is 5.80. The summed E-state index contributed by atoms with van der Waals surface area (Å²) in [6.07, 6.45) is 2.06. The molecule has 1 aromatic rings. The first kappa shape index (κ1) is 22.4. The van der Waals surface area contributed by atoms with E-state index in [-0.39, 0.29) is 23.4 Å². The summed E-state index contributed by atoms with van der Waals surface area (Å²) in [6.45, 7) is 5.33. The number of amides is 5. The van der Waals surface area contributed by atoms with Crippen LogP contribution in [0, 0.1) is 16.6 Å². The molecule has 4 rings (SSSR count). The Bertz CT molecular complexity index is 915. The van der Waals surface area contributed by atoms with Crippen LogP contribution < -0.4 is 5.32 Å². The van der Waals surface area contributed by atoms with Gasteiger partial charge in [-0.3, -0.25) is 4.79 Å². The van der Waals surface area contributed by atoms with Crippen molar-refractivity contribution in [2.75, 3.05) is 58.7 Å². The lowest BCUT2D eigenvalue weighted by atomic mass is 9.60. The number of anilines is 1. The van der Waals surface area contributed by atoms with E-state index in [1.54, 1.807) is 36.0 Å². The van der Waals surface area contributed by atoms with Gasteiger partial charge in [-0.25, -0.2) is 14.0 Å². The number of fused-ring (bicyclic) bond motifs is 1. The van der Waals surface area contributed by atoms with Gasteiger partial charge in [0.2, 0.25) is 5.91 Å². The number of piperidine rings is 1. The van der Waals surface area contributed by atoms with Crippen LogP contribution in [0.4, 0.5) is 19.7 Å². The lowest BCUT2D eigenvalue weighted by molar-refractivity contribution is -0.141. The summed E-state index contributed by atoms with van der Waals surface area (Å²) >= 11 is 0. The molecule has 1 aromatic carbocycles. The second kappa shape index (κ2) is 8.26. The van der Waals surface area contributed by atoms with E-state index >= 15 is 0 Å². The number of likely N-dealkylation sites (tertiary alicyclic amines) is 3. The van der Waals surface area contributed by atoms with Crippen molar-refractivity contribution in [3.05, 3.63) is 30.1 Å². The highest BCUT2D eigenvalue weighted by molar-refractivity contribution is 5.90. The topological polar surface area (TPSA) is 76.2 Å². The van der Waals surface area contributed by atoms with Gasteiger partial charge in [0.05, 0.1) is 5.41 Å². The Balaban J connectivity index is 1.52. The van der Waals surface area contributed by atoms with Crippen LogP contribution in [0.3, 0.4) is 0 Å². The predicted octanol–water partition coefficient (Wildman–Crippen LogP) is 2.68. The molecule has 0 saturated carbocycles. The van der Waals surface area contributed by atoms with Crippen LogP contribution in [0.2, 0.25) is 0 Å². The molecule has 3 aliphatic heterocycles. The number of urea groups is 2. The molecule has 1 N–H and O–H groups in total. The lowest BCUT2D eigenvalue weighted by Gasteiger charge is -2.46. The van der Waals surface area contributed by atoms with E-state index < -0.39 is 11.2 Å². The zero-order valence-electron chi connectivity index (χ0n) is 19.1. The number of rotatable bonds is 2. The van der Waals surface area contributed by atoms with Crippen LogP contribution in [0.1, 0.15) is 26.2 Å². The van der Waals surface area contributed by atoms with E-state index in [0.717, 1.165) is 6.42 Å². The Kier molecular flexibility index (Phi) is 5.77. The summed E-state index contributed by atoms with van der Waals surface area (Å²) in [5.74, 6) is -0.258. The highest BCUT2D eigenvalue weighted by atomic mass is 19.1. The Morgan fingerprint density at radius 2 is 1.81 bits per heavy atom. The maximum absolute atomic E-state index is 13.5. The first-order chi connectivity index (χ1) is 15.2. The summed E-state index contributed by atoms with van der Waals surface area (Å²) in [5.41, 5.74) is -0.505. The number of halogens is 1. The molecule has 0 unspecified atom stereocenters. The normalized spacial score (nSPS) is 24.5. The molecule has 2 spiro atoms. The fourth-order valence-electron chi connectivity index (χ4n) is 5.80. The molecule has 9 heteroatoms. The number of hydrogen-bond acceptors (Lipinski definition) is 3. The molecular weight excluding hydrogens is 413 g/mol. The highest BCUT2D eigenvalue weighted by Gasteiger charge is 2.66. The summed E-state index contributed by atoms with van der Waals surface area (Å²) in [4.78, 5) is 46.1. The van der Waals surface area contributed by atoms with Crippen LogP contribution in [0.15, 0.2) is 24.3 Å². The Labute approximate surface area is 188 Å². The highest BCUT2D eigenvalue weighted by Crippen LogP contribution is 2.58. The van der Waals surface area contributed by atoms with Gasteiger partial charge in [0.15, 0.2) is 0 Å². The zero-order valence-corrected chi connectivity index (χ0v) is 19.1. The summed E-state index contributed by atoms with van der Waals surface area (Å²) in [7, 11) is 3.46. The molecule has 5 amide bonds. The van der Waals surface area contributed by atoms with Crippen molar-refractivity contribution >= 4 is 23.7 Å². The van der Waals surface area contributed by atoms with Crippen molar-refractivity contribution in [3.8, 4) is 0 Å². The number of hydrogen-bond donors (Lipinski definition) is 1. The average molecular weight is 446 g/mol. The molecule has 8 nitrogen and oxygen atoms in total. The van der Waals surface area contributed by atoms with Crippen LogP contribution >= 0.6 is 0 Å². The third kappa shape index (κ3) is 3.57. The number of carbonyl (C=O) groups is 3. The smallest absolute Gasteiger partial charge is 0.321 e. The second-order valence-electron chi connectivity index (χ2n) is 9.46. The predicted molar refractivity (Wildman–Crippen MR) is 119 cm³/mol. The number of nitrogens with zero attached hydrogens (tertiary/aromatic N) is 4. The molecule has 0 aromatic heterocycles.